The van der Waals surface area contributed by atoms with Crippen molar-refractivity contribution in [2.75, 3.05) is 11.1 Å². The summed E-state index contributed by atoms with van der Waals surface area (Å²) in [4.78, 5) is 0. The molecule has 6 heteroatoms. The zero-order valence-corrected chi connectivity index (χ0v) is 10.3. The average Bonchev–Trinajstić information content (AvgIpc) is 2.35. The van der Waals surface area contributed by atoms with Gasteiger partial charge in [-0.15, -0.1) is 0 Å². The molecule has 19 heavy (non-hydrogen) atoms. The van der Waals surface area contributed by atoms with Crippen molar-refractivity contribution in [1.82, 2.24) is 0 Å². The van der Waals surface area contributed by atoms with E-state index in [1.807, 2.05) is 6.07 Å². The SMILES string of the molecule is N#Cc1cc(N)ccc1Nc1c(F)cc(F)cc1Cl. The van der Waals surface area contributed by atoms with E-state index in [4.69, 9.17) is 22.6 Å². The van der Waals surface area contributed by atoms with E-state index in [1.165, 1.54) is 12.1 Å². The molecule has 0 atom stereocenters. The molecule has 0 heterocycles. The molecule has 0 radical (unpaired) electrons. The van der Waals surface area contributed by atoms with Crippen LogP contribution in [0.25, 0.3) is 0 Å². The van der Waals surface area contributed by atoms with Crippen LogP contribution in [0.3, 0.4) is 0 Å². The van der Waals surface area contributed by atoms with Gasteiger partial charge in [-0.25, -0.2) is 8.78 Å². The van der Waals surface area contributed by atoms with Gasteiger partial charge >= 0.3 is 0 Å². The Morgan fingerprint density at radius 3 is 2.58 bits per heavy atom. The Labute approximate surface area is 113 Å². The summed E-state index contributed by atoms with van der Waals surface area (Å²) >= 11 is 5.76. The highest BCUT2D eigenvalue weighted by atomic mass is 35.5. The molecule has 2 rings (SSSR count). The minimum Gasteiger partial charge on any atom is -0.399 e. The highest BCUT2D eigenvalue weighted by Crippen LogP contribution is 2.31. The van der Waals surface area contributed by atoms with Crippen molar-refractivity contribution in [2.45, 2.75) is 0 Å². The normalized spacial score (nSPS) is 10.0. The number of halogens is 3. The Balaban J connectivity index is 2.45. The third-order valence-corrected chi connectivity index (χ3v) is 2.73. The maximum atomic E-state index is 13.6. The summed E-state index contributed by atoms with van der Waals surface area (Å²) in [5, 5.41) is 11.5. The average molecular weight is 280 g/mol. The van der Waals surface area contributed by atoms with E-state index in [0.717, 1.165) is 6.07 Å². The van der Waals surface area contributed by atoms with Crippen LogP contribution in [0, 0.1) is 23.0 Å². The van der Waals surface area contributed by atoms with Gasteiger partial charge in [0.15, 0.2) is 5.82 Å². The van der Waals surface area contributed by atoms with E-state index >= 15 is 0 Å². The zero-order chi connectivity index (χ0) is 14.0. The van der Waals surface area contributed by atoms with E-state index in [-0.39, 0.29) is 16.3 Å². The number of nitrogens with zero attached hydrogens (tertiary/aromatic N) is 1. The number of hydrogen-bond donors (Lipinski definition) is 2. The summed E-state index contributed by atoms with van der Waals surface area (Å²) in [5.41, 5.74) is 6.44. The number of nitrogens with two attached hydrogens (primary N) is 1. The molecule has 2 aromatic rings. The molecule has 0 aliphatic heterocycles. The summed E-state index contributed by atoms with van der Waals surface area (Å²) in [7, 11) is 0. The van der Waals surface area contributed by atoms with Crippen molar-refractivity contribution in [3.05, 3.63) is 52.6 Å². The van der Waals surface area contributed by atoms with Crippen molar-refractivity contribution >= 4 is 28.7 Å². The first-order chi connectivity index (χ1) is 9.01. The molecule has 0 bridgehead atoms. The monoisotopic (exact) mass is 279 g/mol. The Morgan fingerprint density at radius 1 is 1.21 bits per heavy atom. The molecule has 3 nitrogen and oxygen atoms in total. The van der Waals surface area contributed by atoms with Crippen molar-refractivity contribution in [2.24, 2.45) is 0 Å². The van der Waals surface area contributed by atoms with Crippen LogP contribution in [0.15, 0.2) is 30.3 Å². The molecule has 3 N–H and O–H groups in total. The summed E-state index contributed by atoms with van der Waals surface area (Å²) < 4.78 is 26.5. The third kappa shape index (κ3) is 2.75. The lowest BCUT2D eigenvalue weighted by Crippen LogP contribution is -1.99. The van der Waals surface area contributed by atoms with Gasteiger partial charge in [0.05, 0.1) is 22.0 Å². The molecule has 0 aliphatic carbocycles. The Kier molecular flexibility index (Phi) is 3.54. The van der Waals surface area contributed by atoms with Crippen LogP contribution in [0.4, 0.5) is 25.8 Å². The number of hydrogen-bond acceptors (Lipinski definition) is 3. The lowest BCUT2D eigenvalue weighted by Gasteiger charge is -2.11. The van der Waals surface area contributed by atoms with Crippen molar-refractivity contribution in [3.63, 3.8) is 0 Å². The van der Waals surface area contributed by atoms with Gasteiger partial charge in [-0.3, -0.25) is 0 Å². The van der Waals surface area contributed by atoms with Gasteiger partial charge in [-0.2, -0.15) is 5.26 Å². The topological polar surface area (TPSA) is 61.8 Å². The van der Waals surface area contributed by atoms with Gasteiger partial charge in [0.1, 0.15) is 11.9 Å². The third-order valence-electron chi connectivity index (χ3n) is 2.43. The Hall–Kier alpha value is -2.32. The van der Waals surface area contributed by atoms with E-state index < -0.39 is 11.6 Å². The number of benzene rings is 2. The molecule has 2 aromatic carbocycles. The van der Waals surface area contributed by atoms with Gasteiger partial charge in [0.25, 0.3) is 0 Å². The van der Waals surface area contributed by atoms with Crippen molar-refractivity contribution in [1.29, 1.82) is 5.26 Å². The van der Waals surface area contributed by atoms with E-state index in [9.17, 15) is 8.78 Å². The highest BCUT2D eigenvalue weighted by molar-refractivity contribution is 6.33. The number of nitrogens with one attached hydrogen (secondary N) is 1. The molecule has 0 saturated heterocycles. The second-order valence-electron chi connectivity index (χ2n) is 3.79. The van der Waals surface area contributed by atoms with Gasteiger partial charge in [-0.05, 0) is 24.3 Å². The molecular formula is C13H8ClF2N3. The molecular weight excluding hydrogens is 272 g/mol. The van der Waals surface area contributed by atoms with E-state index in [0.29, 0.717) is 17.4 Å². The quantitative estimate of drug-likeness (QED) is 0.822. The highest BCUT2D eigenvalue weighted by Gasteiger charge is 2.12. The summed E-state index contributed by atoms with van der Waals surface area (Å²) in [6.45, 7) is 0. The van der Waals surface area contributed by atoms with Gasteiger partial charge in [0.2, 0.25) is 0 Å². The lowest BCUT2D eigenvalue weighted by molar-refractivity contribution is 0.586. The fourth-order valence-corrected chi connectivity index (χ4v) is 1.80. The first-order valence-electron chi connectivity index (χ1n) is 5.22. The zero-order valence-electron chi connectivity index (χ0n) is 9.55. The number of nitrogen functional groups attached to an aromatic ring is 1. The minimum atomic E-state index is -0.842. The summed E-state index contributed by atoms with van der Waals surface area (Å²) in [6.07, 6.45) is 0. The van der Waals surface area contributed by atoms with Crippen LogP contribution in [0.1, 0.15) is 5.56 Å². The molecule has 96 valence electrons. The Bertz CT molecular complexity index is 657. The number of anilines is 3. The molecule has 0 unspecified atom stereocenters. The molecule has 0 spiro atoms. The van der Waals surface area contributed by atoms with Crippen LogP contribution in [0.2, 0.25) is 5.02 Å². The summed E-state index contributed by atoms with van der Waals surface area (Å²) in [5.74, 6) is -1.61. The van der Waals surface area contributed by atoms with Crippen LogP contribution in [-0.2, 0) is 0 Å². The maximum Gasteiger partial charge on any atom is 0.151 e. The second kappa shape index (κ2) is 5.12. The van der Waals surface area contributed by atoms with E-state index in [1.54, 1.807) is 6.07 Å². The maximum absolute atomic E-state index is 13.6. The predicted molar refractivity (Wildman–Crippen MR) is 70.2 cm³/mol. The van der Waals surface area contributed by atoms with Crippen molar-refractivity contribution in [3.8, 4) is 6.07 Å². The number of rotatable bonds is 2. The molecule has 0 amide bonds. The molecule has 0 aromatic heterocycles. The number of nitriles is 1. The van der Waals surface area contributed by atoms with Crippen LogP contribution in [-0.4, -0.2) is 0 Å². The van der Waals surface area contributed by atoms with Gasteiger partial charge < -0.3 is 11.1 Å². The fraction of sp³-hybridized carbons (Fsp3) is 0. The fourth-order valence-electron chi connectivity index (χ4n) is 1.56. The molecule has 0 aliphatic rings. The van der Waals surface area contributed by atoms with Crippen molar-refractivity contribution < 1.29 is 8.78 Å². The molecule has 0 saturated carbocycles. The predicted octanol–water partition coefficient (Wildman–Crippen LogP) is 3.82. The lowest BCUT2D eigenvalue weighted by atomic mass is 10.1. The van der Waals surface area contributed by atoms with Crippen LogP contribution in [0.5, 0.6) is 0 Å². The summed E-state index contributed by atoms with van der Waals surface area (Å²) in [6, 6.07) is 8.13. The van der Waals surface area contributed by atoms with Gasteiger partial charge in [-0.1, -0.05) is 11.6 Å². The second-order valence-corrected chi connectivity index (χ2v) is 4.19. The van der Waals surface area contributed by atoms with E-state index in [2.05, 4.69) is 5.32 Å². The Morgan fingerprint density at radius 2 is 1.95 bits per heavy atom. The molecule has 0 fully saturated rings. The standard InChI is InChI=1S/C13H8ClF2N3/c14-10-4-8(15)5-11(16)13(10)19-12-2-1-9(18)3-7(12)6-17/h1-5,19H,18H2. The first kappa shape index (κ1) is 13.1. The van der Waals surface area contributed by atoms with Gasteiger partial charge in [0, 0.05) is 11.8 Å². The van der Waals surface area contributed by atoms with Crippen LogP contribution < -0.4 is 11.1 Å². The first-order valence-corrected chi connectivity index (χ1v) is 5.60. The van der Waals surface area contributed by atoms with Crippen LogP contribution >= 0.6 is 11.6 Å². The smallest absolute Gasteiger partial charge is 0.151 e. The largest absolute Gasteiger partial charge is 0.399 e. The minimum absolute atomic E-state index is 0.0932.